The monoisotopic (exact) mass is 579 g/mol. The summed E-state index contributed by atoms with van der Waals surface area (Å²) in [7, 11) is 0. The molecule has 2 aliphatic heterocycles. The van der Waals surface area contributed by atoms with Gasteiger partial charge in [0.2, 0.25) is 0 Å². The predicted molar refractivity (Wildman–Crippen MR) is 116 cm³/mol. The Balaban J connectivity index is 1.65. The van der Waals surface area contributed by atoms with Crippen molar-refractivity contribution in [3.8, 4) is 0 Å². The minimum absolute atomic E-state index is 0.0300. The molecule has 1 aromatic rings. The Morgan fingerprint density at radius 1 is 0.821 bits per heavy atom. The summed E-state index contributed by atoms with van der Waals surface area (Å²) >= 11 is 0. The molecule has 0 radical (unpaired) electrons. The van der Waals surface area contributed by atoms with Crippen LogP contribution in [0, 0.1) is 5.92 Å². The van der Waals surface area contributed by atoms with Crippen LogP contribution in [0.15, 0.2) is 18.2 Å². The lowest BCUT2D eigenvalue weighted by atomic mass is 9.95. The van der Waals surface area contributed by atoms with E-state index in [0.29, 0.717) is 42.0 Å². The normalized spacial score (nSPS) is 19.0. The first kappa shape index (κ1) is 30.8. The van der Waals surface area contributed by atoms with Crippen molar-refractivity contribution >= 4 is 12.1 Å². The van der Waals surface area contributed by atoms with Gasteiger partial charge in [0.05, 0.1) is 11.5 Å². The number of carbonyl (C=O) groups is 2. The molecule has 0 aliphatic carbocycles. The standard InChI is InChI=1S/C23H26F9N3O4/c24-21(25,26)17-2-1-15(16(11-17)13-33-5-3-14(4-6-33)18(36)37)12-34-7-9-35(10-8-34)20(38)39-19(22(27,28)29)23(30,31)32/h1-2,11,14,19H,3-10,12-13H2,(H,36,37). The Kier molecular flexibility index (Phi) is 9.30. The molecule has 0 spiro atoms. The minimum atomic E-state index is -5.84. The van der Waals surface area contributed by atoms with Crippen LogP contribution in [0.1, 0.15) is 29.5 Å². The van der Waals surface area contributed by atoms with Crippen molar-refractivity contribution in [2.75, 3.05) is 39.3 Å². The molecule has 7 nitrogen and oxygen atoms in total. The number of nitrogens with zero attached hydrogens (tertiary/aromatic N) is 3. The predicted octanol–water partition coefficient (Wildman–Crippen LogP) is 4.75. The molecule has 1 aromatic carbocycles. The maximum Gasteiger partial charge on any atom is 0.434 e. The smallest absolute Gasteiger partial charge is 0.434 e. The molecule has 0 atom stereocenters. The summed E-state index contributed by atoms with van der Waals surface area (Å²) in [5.74, 6) is -1.45. The number of benzene rings is 1. The van der Waals surface area contributed by atoms with Crippen LogP contribution in [0.2, 0.25) is 0 Å². The van der Waals surface area contributed by atoms with Crippen molar-refractivity contribution < 1.29 is 58.9 Å². The highest BCUT2D eigenvalue weighted by atomic mass is 19.4. The molecule has 16 heteroatoms. The van der Waals surface area contributed by atoms with Crippen molar-refractivity contribution in [3.05, 3.63) is 34.9 Å². The SMILES string of the molecule is O=C(O)C1CCN(Cc2cc(C(F)(F)F)ccc2CN2CCN(C(=O)OC(C(F)(F)F)C(F)(F)F)CC2)CC1. The van der Waals surface area contributed by atoms with Gasteiger partial charge < -0.3 is 14.7 Å². The van der Waals surface area contributed by atoms with Crippen molar-refractivity contribution in [2.24, 2.45) is 5.92 Å². The van der Waals surface area contributed by atoms with E-state index >= 15 is 0 Å². The van der Waals surface area contributed by atoms with Crippen LogP contribution in [-0.4, -0.2) is 89.6 Å². The van der Waals surface area contributed by atoms with E-state index in [0.717, 1.165) is 12.1 Å². The Hall–Kier alpha value is -2.75. The second-order valence-electron chi connectivity index (χ2n) is 9.48. The number of piperidine rings is 1. The van der Waals surface area contributed by atoms with Gasteiger partial charge in [0, 0.05) is 39.3 Å². The number of carboxylic acid groups (broad SMARTS) is 1. The lowest BCUT2D eigenvalue weighted by Gasteiger charge is -2.36. The second kappa shape index (κ2) is 11.8. The van der Waals surface area contributed by atoms with Gasteiger partial charge in [0.15, 0.2) is 0 Å². The third-order valence-electron chi connectivity index (χ3n) is 6.70. The Bertz CT molecular complexity index is 1000. The Morgan fingerprint density at radius 2 is 1.33 bits per heavy atom. The van der Waals surface area contributed by atoms with Gasteiger partial charge in [-0.3, -0.25) is 14.6 Å². The maximum absolute atomic E-state index is 13.4. The lowest BCUT2D eigenvalue weighted by molar-refractivity contribution is -0.308. The number of carboxylic acids is 1. The van der Waals surface area contributed by atoms with Crippen LogP contribution in [0.3, 0.4) is 0 Å². The molecule has 2 saturated heterocycles. The molecular weight excluding hydrogens is 553 g/mol. The highest BCUT2D eigenvalue weighted by molar-refractivity contribution is 5.70. The highest BCUT2D eigenvalue weighted by Crippen LogP contribution is 2.36. The Morgan fingerprint density at radius 3 is 1.82 bits per heavy atom. The molecule has 220 valence electrons. The quantitative estimate of drug-likeness (QED) is 0.491. The van der Waals surface area contributed by atoms with Gasteiger partial charge in [-0.2, -0.15) is 39.5 Å². The fraction of sp³-hybridized carbons (Fsp3) is 0.652. The number of rotatable bonds is 6. The molecule has 2 heterocycles. The van der Waals surface area contributed by atoms with Crippen molar-refractivity contribution in [1.29, 1.82) is 0 Å². The number of aliphatic carboxylic acids is 1. The van der Waals surface area contributed by atoms with E-state index in [1.165, 1.54) is 6.07 Å². The van der Waals surface area contributed by atoms with Crippen molar-refractivity contribution in [3.63, 3.8) is 0 Å². The van der Waals surface area contributed by atoms with E-state index in [4.69, 9.17) is 5.11 Å². The first-order chi connectivity index (χ1) is 17.9. The van der Waals surface area contributed by atoms with E-state index in [1.807, 2.05) is 4.90 Å². The number of halogens is 9. The van der Waals surface area contributed by atoms with Crippen LogP contribution >= 0.6 is 0 Å². The fourth-order valence-electron chi connectivity index (χ4n) is 4.51. The van der Waals surface area contributed by atoms with Crippen LogP contribution < -0.4 is 0 Å². The minimum Gasteiger partial charge on any atom is -0.481 e. The zero-order chi connectivity index (χ0) is 29.2. The first-order valence-electron chi connectivity index (χ1n) is 11.9. The van der Waals surface area contributed by atoms with Crippen LogP contribution in [0.5, 0.6) is 0 Å². The topological polar surface area (TPSA) is 73.3 Å². The highest BCUT2D eigenvalue weighted by Gasteiger charge is 2.60. The van der Waals surface area contributed by atoms with Gasteiger partial charge in [-0.15, -0.1) is 0 Å². The zero-order valence-corrected chi connectivity index (χ0v) is 20.4. The molecule has 1 N–H and O–H groups in total. The van der Waals surface area contributed by atoms with E-state index < -0.39 is 48.2 Å². The number of hydrogen-bond acceptors (Lipinski definition) is 5. The number of alkyl halides is 9. The van der Waals surface area contributed by atoms with Crippen molar-refractivity contribution in [1.82, 2.24) is 14.7 Å². The summed E-state index contributed by atoms with van der Waals surface area (Å²) in [5, 5.41) is 9.15. The zero-order valence-electron chi connectivity index (χ0n) is 20.4. The van der Waals surface area contributed by atoms with Gasteiger partial charge in [-0.1, -0.05) is 6.07 Å². The second-order valence-corrected chi connectivity index (χ2v) is 9.48. The lowest BCUT2D eigenvalue weighted by Crippen LogP contribution is -2.52. The molecule has 3 rings (SSSR count). The third-order valence-corrected chi connectivity index (χ3v) is 6.70. The van der Waals surface area contributed by atoms with Gasteiger partial charge >= 0.3 is 30.6 Å². The number of likely N-dealkylation sites (tertiary alicyclic amines) is 1. The summed E-state index contributed by atoms with van der Waals surface area (Å²) < 4.78 is 120. The summed E-state index contributed by atoms with van der Waals surface area (Å²) in [4.78, 5) is 27.4. The number of carbonyl (C=O) groups excluding carboxylic acids is 1. The number of ether oxygens (including phenoxy) is 1. The summed E-state index contributed by atoms with van der Waals surface area (Å²) in [6.07, 6.45) is -21.6. The van der Waals surface area contributed by atoms with Gasteiger partial charge in [0.25, 0.3) is 6.10 Å². The molecule has 0 unspecified atom stereocenters. The molecule has 39 heavy (non-hydrogen) atoms. The van der Waals surface area contributed by atoms with E-state index in [2.05, 4.69) is 4.74 Å². The molecule has 1 amide bonds. The van der Waals surface area contributed by atoms with E-state index in [-0.39, 0.29) is 39.3 Å². The fourth-order valence-corrected chi connectivity index (χ4v) is 4.51. The van der Waals surface area contributed by atoms with E-state index in [1.54, 1.807) is 4.90 Å². The molecule has 0 saturated carbocycles. The molecular formula is C23H26F9N3O4. The van der Waals surface area contributed by atoms with Crippen molar-refractivity contribution in [2.45, 2.75) is 50.6 Å². The molecule has 0 bridgehead atoms. The third kappa shape index (κ3) is 8.37. The van der Waals surface area contributed by atoms with Gasteiger partial charge in [-0.05, 0) is 49.2 Å². The molecule has 2 aliphatic rings. The van der Waals surface area contributed by atoms with Crippen LogP contribution in [0.25, 0.3) is 0 Å². The van der Waals surface area contributed by atoms with Gasteiger partial charge in [0.1, 0.15) is 0 Å². The first-order valence-corrected chi connectivity index (χ1v) is 11.9. The van der Waals surface area contributed by atoms with Crippen LogP contribution in [-0.2, 0) is 28.8 Å². The molecule has 2 fully saturated rings. The Labute approximate surface area is 217 Å². The summed E-state index contributed by atoms with van der Waals surface area (Å²) in [6.45, 7) is 0.572. The number of hydrogen-bond donors (Lipinski definition) is 1. The van der Waals surface area contributed by atoms with Crippen LogP contribution in [0.4, 0.5) is 44.3 Å². The maximum atomic E-state index is 13.4. The summed E-state index contributed by atoms with van der Waals surface area (Å²) in [5.41, 5.74) is 0.0188. The van der Waals surface area contributed by atoms with E-state index in [9.17, 15) is 49.1 Å². The van der Waals surface area contributed by atoms with Gasteiger partial charge in [-0.25, -0.2) is 4.79 Å². The largest absolute Gasteiger partial charge is 0.481 e. The summed E-state index contributed by atoms with van der Waals surface area (Å²) in [6, 6.07) is 3.23. The number of amides is 1. The average Bonchev–Trinajstić information content (AvgIpc) is 2.82. The molecule has 0 aromatic heterocycles. The average molecular weight is 579 g/mol. The number of piperazine rings is 1.